The fourth-order valence-electron chi connectivity index (χ4n) is 6.85. The highest BCUT2D eigenvalue weighted by Crippen LogP contribution is 2.58. The average Bonchev–Trinajstić information content (AvgIpc) is 3.59. The number of nitrogens with zero attached hydrogens (tertiary/aromatic N) is 2. The van der Waals surface area contributed by atoms with Crippen LogP contribution >= 0.6 is 0 Å². The van der Waals surface area contributed by atoms with Crippen molar-refractivity contribution in [2.24, 2.45) is 11.8 Å². The number of hydrogen-bond donors (Lipinski definition) is 3. The molecule has 0 aromatic heterocycles. The normalized spacial score (nSPS) is 31.3. The summed E-state index contributed by atoms with van der Waals surface area (Å²) >= 11 is 0. The molecule has 208 valence electrons. The summed E-state index contributed by atoms with van der Waals surface area (Å²) in [7, 11) is 0. The monoisotopic (exact) mass is 528 g/mol. The number of rotatable bonds is 11. The van der Waals surface area contributed by atoms with Gasteiger partial charge in [-0.2, -0.15) is 0 Å². The maximum atomic E-state index is 14.1. The molecule has 1 aromatic carbocycles. The maximum absolute atomic E-state index is 14.1. The number of ether oxygens (including phenoxy) is 2. The molecule has 10 heteroatoms. The molecule has 4 aliphatic rings. The molecular formula is C28H40N4O6. The first-order valence-electron chi connectivity index (χ1n) is 14.0. The summed E-state index contributed by atoms with van der Waals surface area (Å²) in [5, 5.41) is 16.5. The van der Waals surface area contributed by atoms with Crippen LogP contribution in [0.1, 0.15) is 31.7 Å². The third kappa shape index (κ3) is 4.95. The Morgan fingerprint density at radius 3 is 2.58 bits per heavy atom. The fourth-order valence-corrected chi connectivity index (χ4v) is 6.85. The highest BCUT2D eigenvalue weighted by molar-refractivity contribution is 5.99. The number of likely N-dealkylation sites (tertiary alicyclic amines) is 1. The zero-order chi connectivity index (χ0) is 26.7. The molecular weight excluding hydrogens is 488 g/mol. The van der Waals surface area contributed by atoms with Gasteiger partial charge in [-0.3, -0.25) is 19.3 Å². The summed E-state index contributed by atoms with van der Waals surface area (Å²) in [6.45, 7) is 6.33. The van der Waals surface area contributed by atoms with E-state index in [1.54, 1.807) is 4.90 Å². The van der Waals surface area contributed by atoms with E-state index in [9.17, 15) is 19.5 Å². The zero-order valence-corrected chi connectivity index (χ0v) is 22.1. The van der Waals surface area contributed by atoms with Gasteiger partial charge in [-0.15, -0.1) is 0 Å². The van der Waals surface area contributed by atoms with Crippen molar-refractivity contribution >= 4 is 17.7 Å². The minimum Gasteiger partial charge on any atom is -0.394 e. The number of carbonyl (C=O) groups is 3. The van der Waals surface area contributed by atoms with Crippen molar-refractivity contribution in [2.45, 2.75) is 56.4 Å². The zero-order valence-electron chi connectivity index (χ0n) is 22.1. The predicted octanol–water partition coefficient (Wildman–Crippen LogP) is -0.0608. The van der Waals surface area contributed by atoms with Gasteiger partial charge in [0.2, 0.25) is 17.7 Å². The summed E-state index contributed by atoms with van der Waals surface area (Å²) in [5.41, 5.74) is -0.105. The van der Waals surface area contributed by atoms with Crippen molar-refractivity contribution in [3.63, 3.8) is 0 Å². The minimum atomic E-state index is -1.07. The molecule has 38 heavy (non-hydrogen) atoms. The first-order chi connectivity index (χ1) is 18.5. The molecule has 0 aliphatic carbocycles. The SMILES string of the molecule is CCCNC(=O)[C@@H]1[C@H]2C(=O)N([C@@H](CO)Cc3ccccc3)C(C(=O)NCCN3CCOCC3)C23CC[C@H]1O3. The number of hydrogen-bond acceptors (Lipinski definition) is 7. The van der Waals surface area contributed by atoms with E-state index in [-0.39, 0.29) is 30.4 Å². The molecule has 3 amide bonds. The molecule has 0 radical (unpaired) electrons. The van der Waals surface area contributed by atoms with E-state index >= 15 is 0 Å². The van der Waals surface area contributed by atoms with Crippen molar-refractivity contribution in [3.8, 4) is 0 Å². The van der Waals surface area contributed by atoms with Crippen molar-refractivity contribution in [3.05, 3.63) is 35.9 Å². The van der Waals surface area contributed by atoms with Crippen LogP contribution in [0.15, 0.2) is 30.3 Å². The molecule has 0 saturated carbocycles. The summed E-state index contributed by atoms with van der Waals surface area (Å²) in [5.74, 6) is -2.11. The first kappa shape index (κ1) is 27.1. The molecule has 2 unspecified atom stereocenters. The van der Waals surface area contributed by atoms with E-state index in [4.69, 9.17) is 9.47 Å². The summed E-state index contributed by atoms with van der Waals surface area (Å²) in [6.07, 6.45) is 1.97. The van der Waals surface area contributed by atoms with E-state index in [0.717, 1.165) is 25.1 Å². The van der Waals surface area contributed by atoms with Crippen LogP contribution in [0, 0.1) is 11.8 Å². The standard InChI is InChI=1S/C28H40N4O6/c1-2-10-29-25(34)22-21-8-9-28(38-21)23(22)27(36)32(20(18-33)17-19-6-4-3-5-7-19)24(28)26(35)30-11-12-31-13-15-37-16-14-31/h3-7,20-24,33H,2,8-18H2,1H3,(H,29,34)(H,30,35)/t20-,21-,22+,23+,24?,28?/m1/s1. The Kier molecular flexibility index (Phi) is 8.32. The lowest BCUT2D eigenvalue weighted by Gasteiger charge is -2.37. The van der Waals surface area contributed by atoms with Gasteiger partial charge in [-0.05, 0) is 31.2 Å². The maximum Gasteiger partial charge on any atom is 0.245 e. The topological polar surface area (TPSA) is 120 Å². The third-order valence-electron chi connectivity index (χ3n) is 8.59. The van der Waals surface area contributed by atoms with Gasteiger partial charge in [0, 0.05) is 32.7 Å². The Balaban J connectivity index is 1.41. The number of nitrogens with one attached hydrogen (secondary N) is 2. The molecule has 1 aromatic rings. The number of amides is 3. The molecule has 4 saturated heterocycles. The van der Waals surface area contributed by atoms with Crippen LogP contribution in [-0.2, 0) is 30.3 Å². The second-order valence-corrected chi connectivity index (χ2v) is 10.9. The van der Waals surface area contributed by atoms with Crippen LogP contribution in [0.5, 0.6) is 0 Å². The number of aliphatic hydroxyl groups excluding tert-OH is 1. The summed E-state index contributed by atoms with van der Waals surface area (Å²) in [6, 6.07) is 8.13. The smallest absolute Gasteiger partial charge is 0.245 e. The minimum absolute atomic E-state index is 0.186. The lowest BCUT2D eigenvalue weighted by molar-refractivity contribution is -0.145. The summed E-state index contributed by atoms with van der Waals surface area (Å²) in [4.78, 5) is 45.0. The van der Waals surface area contributed by atoms with Crippen LogP contribution in [0.4, 0.5) is 0 Å². The number of fused-ring (bicyclic) bond motifs is 1. The van der Waals surface area contributed by atoms with Crippen LogP contribution < -0.4 is 10.6 Å². The van der Waals surface area contributed by atoms with Gasteiger partial charge in [0.05, 0.1) is 43.8 Å². The van der Waals surface area contributed by atoms with E-state index in [0.29, 0.717) is 52.1 Å². The van der Waals surface area contributed by atoms with Gasteiger partial charge < -0.3 is 30.1 Å². The van der Waals surface area contributed by atoms with Crippen molar-refractivity contribution in [1.29, 1.82) is 0 Å². The Bertz CT molecular complexity index is 1000. The van der Waals surface area contributed by atoms with Gasteiger partial charge >= 0.3 is 0 Å². The number of aliphatic hydroxyl groups is 1. The van der Waals surface area contributed by atoms with Crippen molar-refractivity contribution in [1.82, 2.24) is 20.4 Å². The average molecular weight is 529 g/mol. The largest absolute Gasteiger partial charge is 0.394 e. The lowest BCUT2D eigenvalue weighted by Crippen LogP contribution is -2.59. The molecule has 3 N–H and O–H groups in total. The molecule has 6 atom stereocenters. The molecule has 5 rings (SSSR count). The molecule has 1 spiro atoms. The van der Waals surface area contributed by atoms with Crippen molar-refractivity contribution in [2.75, 3.05) is 52.5 Å². The molecule has 4 heterocycles. The first-order valence-corrected chi connectivity index (χ1v) is 14.0. The highest BCUT2D eigenvalue weighted by atomic mass is 16.5. The van der Waals surface area contributed by atoms with E-state index < -0.39 is 29.5 Å². The van der Waals surface area contributed by atoms with Gasteiger partial charge in [-0.1, -0.05) is 37.3 Å². The van der Waals surface area contributed by atoms with Gasteiger partial charge in [0.15, 0.2) is 0 Å². The Morgan fingerprint density at radius 1 is 1.13 bits per heavy atom. The highest BCUT2D eigenvalue weighted by Gasteiger charge is 2.75. The van der Waals surface area contributed by atoms with Crippen LogP contribution in [0.3, 0.4) is 0 Å². The third-order valence-corrected chi connectivity index (χ3v) is 8.59. The number of morpholine rings is 1. The van der Waals surface area contributed by atoms with Gasteiger partial charge in [0.1, 0.15) is 11.6 Å². The Hall–Kier alpha value is -2.53. The quantitative estimate of drug-likeness (QED) is 0.368. The summed E-state index contributed by atoms with van der Waals surface area (Å²) < 4.78 is 11.9. The second-order valence-electron chi connectivity index (χ2n) is 10.9. The van der Waals surface area contributed by atoms with Gasteiger partial charge in [-0.25, -0.2) is 0 Å². The van der Waals surface area contributed by atoms with E-state index in [1.165, 1.54) is 0 Å². The van der Waals surface area contributed by atoms with Gasteiger partial charge in [0.25, 0.3) is 0 Å². The van der Waals surface area contributed by atoms with Crippen LogP contribution in [0.25, 0.3) is 0 Å². The molecule has 10 nitrogen and oxygen atoms in total. The van der Waals surface area contributed by atoms with Crippen molar-refractivity contribution < 1.29 is 29.0 Å². The lowest BCUT2D eigenvalue weighted by atomic mass is 9.70. The predicted molar refractivity (Wildman–Crippen MR) is 139 cm³/mol. The van der Waals surface area contributed by atoms with E-state index in [1.807, 2.05) is 37.3 Å². The second kappa shape index (κ2) is 11.7. The Morgan fingerprint density at radius 2 is 1.87 bits per heavy atom. The molecule has 4 fully saturated rings. The Labute approximate surface area is 224 Å². The van der Waals surface area contributed by atoms with Crippen LogP contribution in [-0.4, -0.2) is 109 Å². The number of carbonyl (C=O) groups excluding carboxylic acids is 3. The molecule has 4 aliphatic heterocycles. The fraction of sp³-hybridized carbons (Fsp3) is 0.679. The number of benzene rings is 1. The molecule has 2 bridgehead atoms. The van der Waals surface area contributed by atoms with Crippen LogP contribution in [0.2, 0.25) is 0 Å². The van der Waals surface area contributed by atoms with E-state index in [2.05, 4.69) is 15.5 Å².